The summed E-state index contributed by atoms with van der Waals surface area (Å²) >= 11 is 4.91. The lowest BCUT2D eigenvalue weighted by atomic mass is 10.1. The van der Waals surface area contributed by atoms with Crippen molar-refractivity contribution in [3.05, 3.63) is 40.2 Å². The molecular weight excluding hydrogens is 288 g/mol. The summed E-state index contributed by atoms with van der Waals surface area (Å²) in [5.74, 6) is 0.698. The predicted octanol–water partition coefficient (Wildman–Crippen LogP) is 3.34. The number of hydrogen-bond acceptors (Lipinski definition) is 4. The van der Waals surface area contributed by atoms with Crippen LogP contribution in [0, 0.1) is 0 Å². The fourth-order valence-electron chi connectivity index (χ4n) is 1.37. The van der Waals surface area contributed by atoms with Crippen LogP contribution in [0.2, 0.25) is 0 Å². The first-order chi connectivity index (χ1) is 7.78. The lowest BCUT2D eigenvalue weighted by Gasteiger charge is -1.98. The molecule has 2 aromatic rings. The van der Waals surface area contributed by atoms with E-state index in [9.17, 15) is 0 Å². The molecule has 0 amide bonds. The molecule has 5 heteroatoms. The smallest absolute Gasteiger partial charge is 0.276 e. The second-order valence-electron chi connectivity index (χ2n) is 3.30. The SMILES string of the molecule is CSc1nnc(CCc2cccc(Br)c2)o1. The van der Waals surface area contributed by atoms with E-state index < -0.39 is 0 Å². The highest BCUT2D eigenvalue weighted by atomic mass is 79.9. The maximum Gasteiger partial charge on any atom is 0.276 e. The molecule has 0 radical (unpaired) electrons. The molecule has 84 valence electrons. The molecule has 0 atom stereocenters. The van der Waals surface area contributed by atoms with Crippen molar-refractivity contribution in [3.63, 3.8) is 0 Å². The summed E-state index contributed by atoms with van der Waals surface area (Å²) in [6, 6.07) is 8.24. The molecule has 3 nitrogen and oxygen atoms in total. The van der Waals surface area contributed by atoms with Crippen LogP contribution in [0.15, 0.2) is 38.4 Å². The van der Waals surface area contributed by atoms with Crippen molar-refractivity contribution in [1.82, 2.24) is 10.2 Å². The van der Waals surface area contributed by atoms with Crippen LogP contribution < -0.4 is 0 Å². The summed E-state index contributed by atoms with van der Waals surface area (Å²) < 4.78 is 6.51. The Morgan fingerprint density at radius 2 is 2.19 bits per heavy atom. The molecule has 16 heavy (non-hydrogen) atoms. The van der Waals surface area contributed by atoms with E-state index in [2.05, 4.69) is 38.3 Å². The first-order valence-electron chi connectivity index (χ1n) is 4.89. The highest BCUT2D eigenvalue weighted by Gasteiger charge is 2.04. The van der Waals surface area contributed by atoms with Gasteiger partial charge >= 0.3 is 0 Å². The lowest BCUT2D eigenvalue weighted by molar-refractivity contribution is 0.413. The van der Waals surface area contributed by atoms with Crippen molar-refractivity contribution >= 4 is 27.7 Å². The van der Waals surface area contributed by atoms with Gasteiger partial charge in [-0.05, 0) is 30.4 Å². The molecule has 0 N–H and O–H groups in total. The Labute approximate surface area is 107 Å². The van der Waals surface area contributed by atoms with Crippen LogP contribution in [-0.4, -0.2) is 16.5 Å². The van der Waals surface area contributed by atoms with Gasteiger partial charge in [-0.3, -0.25) is 0 Å². The van der Waals surface area contributed by atoms with Crippen LogP contribution in [0.4, 0.5) is 0 Å². The van der Waals surface area contributed by atoms with Crippen molar-refractivity contribution < 1.29 is 4.42 Å². The van der Waals surface area contributed by atoms with Gasteiger partial charge in [0.25, 0.3) is 5.22 Å². The van der Waals surface area contributed by atoms with E-state index in [4.69, 9.17) is 4.42 Å². The third-order valence-electron chi connectivity index (χ3n) is 2.14. The zero-order chi connectivity index (χ0) is 11.4. The highest BCUT2D eigenvalue weighted by molar-refractivity contribution is 9.10. The Morgan fingerprint density at radius 1 is 1.31 bits per heavy atom. The number of thioether (sulfide) groups is 1. The lowest BCUT2D eigenvalue weighted by Crippen LogP contribution is -1.91. The fraction of sp³-hybridized carbons (Fsp3) is 0.273. The van der Waals surface area contributed by atoms with Gasteiger partial charge in [-0.2, -0.15) is 0 Å². The number of halogens is 1. The van der Waals surface area contributed by atoms with Gasteiger partial charge < -0.3 is 4.42 Å². The topological polar surface area (TPSA) is 38.9 Å². The molecule has 0 aliphatic carbocycles. The molecule has 1 heterocycles. The molecule has 0 aliphatic heterocycles. The first kappa shape index (κ1) is 11.7. The Morgan fingerprint density at radius 3 is 2.88 bits per heavy atom. The van der Waals surface area contributed by atoms with Crippen LogP contribution in [0.25, 0.3) is 0 Å². The molecule has 0 saturated heterocycles. The molecule has 0 unspecified atom stereocenters. The molecule has 0 bridgehead atoms. The van der Waals surface area contributed by atoms with Gasteiger partial charge in [-0.25, -0.2) is 0 Å². The minimum absolute atomic E-state index is 0.629. The summed E-state index contributed by atoms with van der Waals surface area (Å²) in [7, 11) is 0. The fourth-order valence-corrected chi connectivity index (χ4v) is 2.11. The van der Waals surface area contributed by atoms with Gasteiger partial charge in [-0.15, -0.1) is 10.2 Å². The number of benzene rings is 1. The molecule has 1 aromatic carbocycles. The van der Waals surface area contributed by atoms with Crippen molar-refractivity contribution in [2.75, 3.05) is 6.26 Å². The number of aromatic nitrogens is 2. The van der Waals surface area contributed by atoms with E-state index in [1.54, 1.807) is 0 Å². The highest BCUT2D eigenvalue weighted by Crippen LogP contribution is 2.15. The minimum Gasteiger partial charge on any atom is -0.416 e. The standard InChI is InChI=1S/C11H11BrN2OS/c1-16-11-14-13-10(15-11)6-5-8-3-2-4-9(12)7-8/h2-4,7H,5-6H2,1H3. The summed E-state index contributed by atoms with van der Waals surface area (Å²) in [5.41, 5.74) is 1.26. The quantitative estimate of drug-likeness (QED) is 0.812. The minimum atomic E-state index is 0.629. The number of aryl methyl sites for hydroxylation is 2. The van der Waals surface area contributed by atoms with Crippen LogP contribution >= 0.6 is 27.7 Å². The molecule has 1 aromatic heterocycles. The molecule has 0 aliphatic rings. The van der Waals surface area contributed by atoms with E-state index in [1.165, 1.54) is 17.3 Å². The third kappa shape index (κ3) is 3.09. The zero-order valence-electron chi connectivity index (χ0n) is 8.81. The number of hydrogen-bond donors (Lipinski definition) is 0. The van der Waals surface area contributed by atoms with E-state index in [1.807, 2.05) is 18.4 Å². The maximum atomic E-state index is 5.41. The van der Waals surface area contributed by atoms with E-state index >= 15 is 0 Å². The van der Waals surface area contributed by atoms with Crippen LogP contribution in [0.5, 0.6) is 0 Å². The second kappa shape index (κ2) is 5.50. The Bertz CT molecular complexity index is 473. The van der Waals surface area contributed by atoms with Crippen molar-refractivity contribution in [2.45, 2.75) is 18.1 Å². The largest absolute Gasteiger partial charge is 0.416 e. The second-order valence-corrected chi connectivity index (χ2v) is 4.97. The Kier molecular flexibility index (Phi) is 4.01. The monoisotopic (exact) mass is 298 g/mol. The number of nitrogens with zero attached hydrogens (tertiary/aromatic N) is 2. The van der Waals surface area contributed by atoms with E-state index in [-0.39, 0.29) is 0 Å². The van der Waals surface area contributed by atoms with Crippen LogP contribution in [0.3, 0.4) is 0 Å². The van der Waals surface area contributed by atoms with Gasteiger partial charge in [0.2, 0.25) is 5.89 Å². The average molecular weight is 299 g/mol. The van der Waals surface area contributed by atoms with Gasteiger partial charge in [0.05, 0.1) is 0 Å². The summed E-state index contributed by atoms with van der Waals surface area (Å²) in [5, 5.41) is 8.51. The molecule has 0 fully saturated rings. The summed E-state index contributed by atoms with van der Waals surface area (Å²) in [6.45, 7) is 0. The molecule has 2 rings (SSSR count). The van der Waals surface area contributed by atoms with Crippen molar-refractivity contribution in [1.29, 1.82) is 0 Å². The zero-order valence-corrected chi connectivity index (χ0v) is 11.2. The Hall–Kier alpha value is -0.810. The van der Waals surface area contributed by atoms with Crippen LogP contribution in [-0.2, 0) is 12.8 Å². The number of rotatable bonds is 4. The molecular formula is C11H11BrN2OS. The first-order valence-corrected chi connectivity index (χ1v) is 6.90. The van der Waals surface area contributed by atoms with E-state index in [0.717, 1.165) is 17.3 Å². The van der Waals surface area contributed by atoms with E-state index in [0.29, 0.717) is 11.1 Å². The predicted molar refractivity (Wildman–Crippen MR) is 67.6 cm³/mol. The maximum absolute atomic E-state index is 5.41. The summed E-state index contributed by atoms with van der Waals surface area (Å²) in [4.78, 5) is 0. The van der Waals surface area contributed by atoms with Crippen molar-refractivity contribution in [3.8, 4) is 0 Å². The van der Waals surface area contributed by atoms with Crippen molar-refractivity contribution in [2.24, 2.45) is 0 Å². The molecule has 0 spiro atoms. The molecule has 0 saturated carbocycles. The van der Waals surface area contributed by atoms with Gasteiger partial charge in [-0.1, -0.05) is 39.8 Å². The van der Waals surface area contributed by atoms with Gasteiger partial charge in [0.15, 0.2) is 0 Å². The Balaban J connectivity index is 1.96. The average Bonchev–Trinajstić information content (AvgIpc) is 2.74. The van der Waals surface area contributed by atoms with Crippen LogP contribution in [0.1, 0.15) is 11.5 Å². The summed E-state index contributed by atoms with van der Waals surface area (Å²) in [6.07, 6.45) is 3.62. The third-order valence-corrected chi connectivity index (χ3v) is 3.15. The van der Waals surface area contributed by atoms with Gasteiger partial charge in [0.1, 0.15) is 0 Å². The van der Waals surface area contributed by atoms with Gasteiger partial charge in [0, 0.05) is 10.9 Å². The normalized spacial score (nSPS) is 10.6.